The summed E-state index contributed by atoms with van der Waals surface area (Å²) in [5.41, 5.74) is 8.87. The molecule has 1 aliphatic heterocycles. The van der Waals surface area contributed by atoms with Crippen LogP contribution in [0.5, 0.6) is 11.5 Å². The summed E-state index contributed by atoms with van der Waals surface area (Å²) in [6.07, 6.45) is 0.315. The molecule has 0 aliphatic carbocycles. The zero-order valence-corrected chi connectivity index (χ0v) is 20.4. The summed E-state index contributed by atoms with van der Waals surface area (Å²) in [6.45, 7) is 11.3. The summed E-state index contributed by atoms with van der Waals surface area (Å²) in [6, 6.07) is 16.5. The largest absolute Gasteiger partial charge is 0.497 e. The van der Waals surface area contributed by atoms with Crippen LogP contribution in [0.2, 0.25) is 0 Å². The number of ether oxygens (including phenoxy) is 2. The highest BCUT2D eigenvalue weighted by molar-refractivity contribution is 5.94. The number of rotatable bonds is 6. The molecule has 0 fully saturated rings. The van der Waals surface area contributed by atoms with E-state index in [0.717, 1.165) is 39.4 Å². The molecule has 1 heterocycles. The second kappa shape index (κ2) is 9.30. The number of amides is 1. The Hall–Kier alpha value is -3.27. The van der Waals surface area contributed by atoms with E-state index in [2.05, 4.69) is 64.2 Å². The van der Waals surface area contributed by atoms with Gasteiger partial charge in [-0.2, -0.15) is 0 Å². The molecule has 172 valence electrons. The van der Waals surface area contributed by atoms with E-state index < -0.39 is 0 Å². The Morgan fingerprint density at radius 1 is 1.00 bits per heavy atom. The average Bonchev–Trinajstić information content (AvgIpc) is 3.26. The van der Waals surface area contributed by atoms with Crippen LogP contribution in [-0.2, 0) is 11.2 Å². The highest BCUT2D eigenvalue weighted by atomic mass is 16.5. The van der Waals surface area contributed by atoms with Gasteiger partial charge in [0.05, 0.1) is 20.1 Å². The number of hydrogen-bond acceptors (Lipinski definition) is 3. The Bertz CT molecular complexity index is 1160. The maximum absolute atomic E-state index is 12.9. The normalized spacial score (nSPS) is 14.7. The van der Waals surface area contributed by atoms with Crippen molar-refractivity contribution in [1.29, 1.82) is 0 Å². The fourth-order valence-electron chi connectivity index (χ4n) is 4.68. The zero-order valence-electron chi connectivity index (χ0n) is 20.4. The van der Waals surface area contributed by atoms with Crippen LogP contribution in [-0.4, -0.2) is 19.6 Å². The summed E-state index contributed by atoms with van der Waals surface area (Å²) < 4.78 is 11.4. The molecule has 0 bridgehead atoms. The molecule has 33 heavy (non-hydrogen) atoms. The highest BCUT2D eigenvalue weighted by Gasteiger charge is 2.32. The van der Waals surface area contributed by atoms with E-state index in [1.807, 2.05) is 24.3 Å². The van der Waals surface area contributed by atoms with Gasteiger partial charge in [-0.05, 0) is 72.2 Å². The third kappa shape index (κ3) is 4.47. The van der Waals surface area contributed by atoms with Crippen LogP contribution < -0.4 is 14.8 Å². The molecule has 3 aromatic carbocycles. The van der Waals surface area contributed by atoms with Gasteiger partial charge in [-0.3, -0.25) is 4.79 Å². The van der Waals surface area contributed by atoms with Crippen LogP contribution >= 0.6 is 0 Å². The van der Waals surface area contributed by atoms with E-state index in [1.54, 1.807) is 7.11 Å². The lowest BCUT2D eigenvalue weighted by molar-refractivity contribution is -0.115. The van der Waals surface area contributed by atoms with Crippen molar-refractivity contribution in [2.45, 2.75) is 52.9 Å². The Morgan fingerprint density at radius 2 is 1.67 bits per heavy atom. The van der Waals surface area contributed by atoms with Crippen LogP contribution in [0.1, 0.15) is 64.6 Å². The number of anilines is 1. The van der Waals surface area contributed by atoms with Gasteiger partial charge in [0, 0.05) is 17.2 Å². The van der Waals surface area contributed by atoms with E-state index in [9.17, 15) is 4.79 Å². The number of carbonyl (C=O) groups excluding carboxylic acids is 1. The first-order valence-corrected chi connectivity index (χ1v) is 11.6. The second-order valence-electron chi connectivity index (χ2n) is 9.25. The third-order valence-electron chi connectivity index (χ3n) is 6.84. The van der Waals surface area contributed by atoms with Crippen molar-refractivity contribution in [2.75, 3.05) is 19.0 Å². The molecule has 1 unspecified atom stereocenters. The van der Waals surface area contributed by atoms with Gasteiger partial charge in [0.2, 0.25) is 5.91 Å². The molecule has 0 saturated carbocycles. The van der Waals surface area contributed by atoms with Crippen LogP contribution in [0.4, 0.5) is 5.69 Å². The fourth-order valence-corrected chi connectivity index (χ4v) is 4.68. The summed E-state index contributed by atoms with van der Waals surface area (Å²) in [7, 11) is 1.64. The molecule has 4 rings (SSSR count). The van der Waals surface area contributed by atoms with Gasteiger partial charge in [0.1, 0.15) is 11.5 Å². The van der Waals surface area contributed by atoms with E-state index in [0.29, 0.717) is 18.9 Å². The van der Waals surface area contributed by atoms with Gasteiger partial charge in [-0.25, -0.2) is 0 Å². The van der Waals surface area contributed by atoms with E-state index in [4.69, 9.17) is 9.47 Å². The first-order chi connectivity index (χ1) is 15.8. The lowest BCUT2D eigenvalue weighted by Gasteiger charge is -2.20. The van der Waals surface area contributed by atoms with Crippen molar-refractivity contribution in [3.05, 3.63) is 87.5 Å². The van der Waals surface area contributed by atoms with Gasteiger partial charge in [0.15, 0.2) is 0 Å². The van der Waals surface area contributed by atoms with Crippen LogP contribution in [0.15, 0.2) is 48.5 Å². The highest BCUT2D eigenvalue weighted by Crippen LogP contribution is 2.46. The predicted octanol–water partition coefficient (Wildman–Crippen LogP) is 6.45. The molecule has 0 spiro atoms. The molecular weight excluding hydrogens is 410 g/mol. The van der Waals surface area contributed by atoms with E-state index in [-0.39, 0.29) is 11.8 Å². The maximum Gasteiger partial charge on any atom is 0.228 e. The quantitative estimate of drug-likeness (QED) is 0.476. The van der Waals surface area contributed by atoms with Crippen molar-refractivity contribution in [3.63, 3.8) is 0 Å². The molecule has 4 heteroatoms. The molecule has 0 radical (unpaired) electrons. The van der Waals surface area contributed by atoms with E-state index in [1.165, 1.54) is 16.7 Å². The lowest BCUT2D eigenvalue weighted by Crippen LogP contribution is -2.17. The molecule has 0 saturated heterocycles. The molecule has 1 atom stereocenters. The lowest BCUT2D eigenvalue weighted by atomic mass is 9.85. The fraction of sp³-hybridized carbons (Fsp3) is 0.345. The zero-order chi connectivity index (χ0) is 23.7. The van der Waals surface area contributed by atoms with E-state index >= 15 is 0 Å². The Balaban J connectivity index is 1.63. The number of fused-ring (bicyclic) bond motifs is 1. The minimum Gasteiger partial charge on any atom is -0.497 e. The number of benzene rings is 3. The summed E-state index contributed by atoms with van der Waals surface area (Å²) in [5.74, 6) is 2.40. The van der Waals surface area contributed by atoms with Crippen LogP contribution in [0, 0.1) is 20.8 Å². The average molecular weight is 444 g/mol. The SMILES string of the molecule is COc1ccc(CC(=O)Nc2c(C)c(C)c3c(c2C)C(c2ccc(C(C)C)cc2)CO3)cc1. The van der Waals surface area contributed by atoms with Gasteiger partial charge in [-0.15, -0.1) is 0 Å². The van der Waals surface area contributed by atoms with Crippen LogP contribution in [0.25, 0.3) is 0 Å². The maximum atomic E-state index is 12.9. The smallest absolute Gasteiger partial charge is 0.228 e. The van der Waals surface area contributed by atoms with Crippen molar-refractivity contribution in [3.8, 4) is 11.5 Å². The first kappa shape index (κ1) is 22.9. The molecule has 1 N–H and O–H groups in total. The second-order valence-corrected chi connectivity index (χ2v) is 9.25. The number of nitrogens with one attached hydrogen (secondary N) is 1. The molecule has 4 nitrogen and oxygen atoms in total. The third-order valence-corrected chi connectivity index (χ3v) is 6.84. The Morgan fingerprint density at radius 3 is 2.27 bits per heavy atom. The van der Waals surface area contributed by atoms with Gasteiger partial charge < -0.3 is 14.8 Å². The standard InChI is InChI=1S/C29H33NO3/c1-17(2)22-9-11-23(12-10-22)25-16-33-29-19(4)18(3)28(20(5)27(25)29)30-26(31)15-21-7-13-24(32-6)14-8-21/h7-14,17,25H,15-16H2,1-6H3,(H,30,31). The van der Waals surface area contributed by atoms with Crippen molar-refractivity contribution in [2.24, 2.45) is 0 Å². The molecule has 1 aliphatic rings. The summed E-state index contributed by atoms with van der Waals surface area (Å²) in [4.78, 5) is 12.9. The van der Waals surface area contributed by atoms with Gasteiger partial charge >= 0.3 is 0 Å². The monoisotopic (exact) mass is 443 g/mol. The topological polar surface area (TPSA) is 47.6 Å². The number of methoxy groups -OCH3 is 1. The molecular formula is C29H33NO3. The summed E-state index contributed by atoms with van der Waals surface area (Å²) in [5, 5.41) is 3.20. The summed E-state index contributed by atoms with van der Waals surface area (Å²) >= 11 is 0. The Labute approximate surface area is 196 Å². The molecule has 0 aromatic heterocycles. The van der Waals surface area contributed by atoms with Gasteiger partial charge in [0.25, 0.3) is 0 Å². The minimum atomic E-state index is -0.0255. The number of carbonyl (C=O) groups is 1. The molecule has 3 aromatic rings. The predicted molar refractivity (Wildman–Crippen MR) is 134 cm³/mol. The van der Waals surface area contributed by atoms with Crippen LogP contribution in [0.3, 0.4) is 0 Å². The minimum absolute atomic E-state index is 0.0255. The van der Waals surface area contributed by atoms with Crippen molar-refractivity contribution >= 4 is 11.6 Å². The Kier molecular flexibility index (Phi) is 6.46. The molecule has 1 amide bonds. The van der Waals surface area contributed by atoms with Crippen molar-refractivity contribution in [1.82, 2.24) is 0 Å². The first-order valence-electron chi connectivity index (χ1n) is 11.6. The van der Waals surface area contributed by atoms with Gasteiger partial charge in [-0.1, -0.05) is 50.2 Å². The van der Waals surface area contributed by atoms with Crippen molar-refractivity contribution < 1.29 is 14.3 Å². The number of hydrogen-bond donors (Lipinski definition) is 1.